The SMILES string of the molecule is COc1ccc(C#CCCOCCCCCCN2C[C@@H](c3ccc4c(c3)COC(C)(C)O4)OC2=O)cc1S(N)(=O)=O. The lowest BCUT2D eigenvalue weighted by atomic mass is 10.0. The molecule has 41 heavy (non-hydrogen) atoms. The summed E-state index contributed by atoms with van der Waals surface area (Å²) in [6, 6.07) is 10.5. The zero-order valence-electron chi connectivity index (χ0n) is 23.8. The fraction of sp³-hybridized carbons (Fsp3) is 0.500. The molecule has 0 aromatic heterocycles. The summed E-state index contributed by atoms with van der Waals surface area (Å²) in [6.07, 6.45) is 3.77. The molecule has 2 aliphatic rings. The van der Waals surface area contributed by atoms with E-state index in [4.69, 9.17) is 28.8 Å². The Labute approximate surface area is 242 Å². The third-order valence-electron chi connectivity index (χ3n) is 6.82. The van der Waals surface area contributed by atoms with Crippen LogP contribution in [0.25, 0.3) is 0 Å². The first-order valence-electron chi connectivity index (χ1n) is 13.7. The van der Waals surface area contributed by atoms with Crippen molar-refractivity contribution in [3.63, 3.8) is 0 Å². The predicted octanol–water partition coefficient (Wildman–Crippen LogP) is 4.50. The Morgan fingerprint density at radius 3 is 2.68 bits per heavy atom. The number of sulfonamides is 1. The van der Waals surface area contributed by atoms with Crippen LogP contribution in [0.5, 0.6) is 11.5 Å². The Morgan fingerprint density at radius 2 is 1.90 bits per heavy atom. The number of hydrogen-bond acceptors (Lipinski definition) is 8. The topological polar surface area (TPSA) is 127 Å². The summed E-state index contributed by atoms with van der Waals surface area (Å²) in [4.78, 5) is 14.1. The molecule has 0 spiro atoms. The monoisotopic (exact) mass is 586 g/mol. The first kappa shape index (κ1) is 30.7. The Morgan fingerprint density at radius 1 is 1.10 bits per heavy atom. The van der Waals surface area contributed by atoms with Gasteiger partial charge in [0.25, 0.3) is 0 Å². The summed E-state index contributed by atoms with van der Waals surface area (Å²) < 4.78 is 51.3. The largest absolute Gasteiger partial charge is 0.495 e. The summed E-state index contributed by atoms with van der Waals surface area (Å²) in [6.45, 7) is 6.55. The standard InChI is InChI=1S/C30H38N2O8S/c1-30(2)38-21-24-19-23(12-14-25(24)40-30)27-20-32(29(33)39-27)15-7-4-5-8-16-37-17-9-6-10-22-11-13-26(36-3)28(18-22)41(31,34)35/h11-14,18-19,27H,4-5,7-9,15-17,20-21H2,1-3H3,(H2,31,34,35)/t27-/m0/s1. The summed E-state index contributed by atoms with van der Waals surface area (Å²) in [7, 11) is -2.51. The number of cyclic esters (lactones) is 1. The van der Waals surface area contributed by atoms with E-state index in [1.807, 2.05) is 32.0 Å². The lowest BCUT2D eigenvalue weighted by molar-refractivity contribution is -0.180. The molecule has 0 aliphatic carbocycles. The van der Waals surface area contributed by atoms with Crippen LogP contribution in [0, 0.1) is 11.8 Å². The molecule has 1 atom stereocenters. The number of rotatable bonds is 12. The molecule has 2 aromatic carbocycles. The smallest absolute Gasteiger partial charge is 0.410 e. The number of nitrogens with zero attached hydrogens (tertiary/aromatic N) is 1. The molecule has 1 fully saturated rings. The Bertz CT molecular complexity index is 1400. The Balaban J connectivity index is 1.08. The van der Waals surface area contributed by atoms with E-state index >= 15 is 0 Å². The fourth-order valence-electron chi connectivity index (χ4n) is 4.65. The van der Waals surface area contributed by atoms with Crippen LogP contribution in [-0.4, -0.2) is 58.6 Å². The molecule has 2 N–H and O–H groups in total. The van der Waals surface area contributed by atoms with Crippen LogP contribution in [0.3, 0.4) is 0 Å². The van der Waals surface area contributed by atoms with Crippen LogP contribution < -0.4 is 14.6 Å². The molecule has 4 rings (SSSR count). The Kier molecular flexibility index (Phi) is 10.1. The highest BCUT2D eigenvalue weighted by Gasteiger charge is 2.33. The molecular weight excluding hydrogens is 548 g/mol. The van der Waals surface area contributed by atoms with Crippen LogP contribution >= 0.6 is 0 Å². The van der Waals surface area contributed by atoms with E-state index in [-0.39, 0.29) is 22.8 Å². The summed E-state index contributed by atoms with van der Waals surface area (Å²) in [5.41, 5.74) is 2.45. The van der Waals surface area contributed by atoms with Gasteiger partial charge in [0.2, 0.25) is 15.8 Å². The lowest BCUT2D eigenvalue weighted by Crippen LogP contribution is -2.35. The molecule has 2 aromatic rings. The van der Waals surface area contributed by atoms with Crippen molar-refractivity contribution < 1.29 is 36.9 Å². The van der Waals surface area contributed by atoms with Gasteiger partial charge in [-0.3, -0.25) is 0 Å². The quantitative estimate of drug-likeness (QED) is 0.285. The van der Waals surface area contributed by atoms with Crippen molar-refractivity contribution in [2.45, 2.75) is 69.3 Å². The van der Waals surface area contributed by atoms with Gasteiger partial charge in [0.1, 0.15) is 22.5 Å². The molecule has 1 saturated heterocycles. The molecule has 222 valence electrons. The van der Waals surface area contributed by atoms with Crippen molar-refractivity contribution in [3.05, 3.63) is 53.1 Å². The van der Waals surface area contributed by atoms with Crippen LogP contribution in [-0.2, 0) is 30.8 Å². The van der Waals surface area contributed by atoms with Gasteiger partial charge in [0, 0.05) is 44.5 Å². The minimum atomic E-state index is -3.90. The van der Waals surface area contributed by atoms with E-state index < -0.39 is 15.8 Å². The molecule has 2 aliphatic heterocycles. The number of amides is 1. The van der Waals surface area contributed by atoms with E-state index in [9.17, 15) is 13.2 Å². The first-order valence-corrected chi connectivity index (χ1v) is 15.3. The second-order valence-corrected chi connectivity index (χ2v) is 12.0. The molecule has 2 heterocycles. The number of carbonyl (C=O) groups is 1. The molecule has 0 saturated carbocycles. The number of primary sulfonamides is 1. The highest BCUT2D eigenvalue weighted by molar-refractivity contribution is 7.89. The number of unbranched alkanes of at least 4 members (excludes halogenated alkanes) is 3. The number of carbonyl (C=O) groups excluding carboxylic acids is 1. The highest BCUT2D eigenvalue weighted by atomic mass is 32.2. The molecule has 11 heteroatoms. The van der Waals surface area contributed by atoms with Gasteiger partial charge in [0.15, 0.2) is 0 Å². The minimum Gasteiger partial charge on any atom is -0.495 e. The van der Waals surface area contributed by atoms with Crippen molar-refractivity contribution in [2.24, 2.45) is 5.14 Å². The van der Waals surface area contributed by atoms with Gasteiger partial charge in [-0.2, -0.15) is 0 Å². The number of ether oxygens (including phenoxy) is 5. The average Bonchev–Trinajstić information content (AvgIpc) is 3.30. The number of hydrogen-bond donors (Lipinski definition) is 1. The maximum Gasteiger partial charge on any atom is 0.410 e. The van der Waals surface area contributed by atoms with Crippen LogP contribution in [0.2, 0.25) is 0 Å². The Hall–Kier alpha value is -3.30. The van der Waals surface area contributed by atoms with E-state index in [1.54, 1.807) is 11.0 Å². The summed E-state index contributed by atoms with van der Waals surface area (Å²) >= 11 is 0. The van der Waals surface area contributed by atoms with E-state index in [0.29, 0.717) is 44.9 Å². The normalized spacial score (nSPS) is 17.7. The third kappa shape index (κ3) is 8.60. The molecule has 0 bridgehead atoms. The van der Waals surface area contributed by atoms with Crippen molar-refractivity contribution >= 4 is 16.1 Å². The summed E-state index contributed by atoms with van der Waals surface area (Å²) in [5.74, 6) is 6.26. The average molecular weight is 587 g/mol. The third-order valence-corrected chi connectivity index (χ3v) is 7.75. The van der Waals surface area contributed by atoms with Crippen LogP contribution in [0.15, 0.2) is 41.3 Å². The van der Waals surface area contributed by atoms with Crippen molar-refractivity contribution in [1.82, 2.24) is 4.90 Å². The maximum absolute atomic E-state index is 12.4. The van der Waals surface area contributed by atoms with Crippen molar-refractivity contribution in [3.8, 4) is 23.3 Å². The number of nitrogens with two attached hydrogens (primary N) is 1. The second-order valence-electron chi connectivity index (χ2n) is 10.5. The van der Waals surface area contributed by atoms with Crippen LogP contribution in [0.4, 0.5) is 4.79 Å². The number of methoxy groups -OCH3 is 1. The van der Waals surface area contributed by atoms with Crippen molar-refractivity contribution in [2.75, 3.05) is 33.4 Å². The molecule has 0 radical (unpaired) electrons. The van der Waals surface area contributed by atoms with Gasteiger partial charge in [-0.1, -0.05) is 30.7 Å². The predicted molar refractivity (Wildman–Crippen MR) is 152 cm³/mol. The molecule has 1 amide bonds. The van der Waals surface area contributed by atoms with E-state index in [1.165, 1.54) is 19.2 Å². The van der Waals surface area contributed by atoms with Gasteiger partial charge in [0.05, 0.1) is 26.9 Å². The first-order chi connectivity index (χ1) is 19.6. The second kappa shape index (κ2) is 13.6. The molecular formula is C30H38N2O8S. The number of fused-ring (bicyclic) bond motifs is 1. The molecule has 0 unspecified atom stereocenters. The maximum atomic E-state index is 12.4. The fourth-order valence-corrected chi connectivity index (χ4v) is 5.37. The van der Waals surface area contributed by atoms with Crippen molar-refractivity contribution in [1.29, 1.82) is 0 Å². The van der Waals surface area contributed by atoms with Crippen LogP contribution in [0.1, 0.15) is 68.7 Å². The van der Waals surface area contributed by atoms with E-state index in [2.05, 4.69) is 11.8 Å². The molecule has 10 nitrogen and oxygen atoms in total. The van der Waals surface area contributed by atoms with Gasteiger partial charge in [-0.15, -0.1) is 0 Å². The van der Waals surface area contributed by atoms with Gasteiger partial charge in [-0.05, 0) is 48.7 Å². The zero-order valence-corrected chi connectivity index (χ0v) is 24.6. The minimum absolute atomic E-state index is 0.0887. The zero-order chi connectivity index (χ0) is 29.5. The van der Waals surface area contributed by atoms with Gasteiger partial charge in [-0.25, -0.2) is 18.4 Å². The summed E-state index contributed by atoms with van der Waals surface area (Å²) in [5, 5.41) is 5.24. The highest BCUT2D eigenvalue weighted by Crippen LogP contribution is 2.35. The van der Waals surface area contributed by atoms with Gasteiger partial charge < -0.3 is 28.6 Å². The number of benzene rings is 2. The van der Waals surface area contributed by atoms with E-state index in [0.717, 1.165) is 42.6 Å². The van der Waals surface area contributed by atoms with Gasteiger partial charge >= 0.3 is 6.09 Å². The lowest BCUT2D eigenvalue weighted by Gasteiger charge is -2.32.